The summed E-state index contributed by atoms with van der Waals surface area (Å²) in [6, 6.07) is 65.6. The molecule has 2 aliphatic carbocycles. The summed E-state index contributed by atoms with van der Waals surface area (Å²) in [7, 11) is 0. The molecule has 3 aliphatic rings. The Morgan fingerprint density at radius 1 is 0.500 bits per heavy atom. The Kier molecular flexibility index (Phi) is 7.97. The van der Waals surface area contributed by atoms with Crippen molar-refractivity contribution in [3.05, 3.63) is 222 Å². The van der Waals surface area contributed by atoms with Crippen molar-refractivity contribution in [2.24, 2.45) is 0 Å². The van der Waals surface area contributed by atoms with Gasteiger partial charge < -0.3 is 4.90 Å². The second-order valence-electron chi connectivity index (χ2n) is 16.2. The maximum atomic E-state index is 5.19. The van der Waals surface area contributed by atoms with Crippen LogP contribution in [-0.2, 0) is 5.41 Å². The molecule has 1 atom stereocenters. The molecular weight excluding hydrogens is 703 g/mol. The van der Waals surface area contributed by atoms with E-state index in [0.29, 0.717) is 0 Å². The lowest BCUT2D eigenvalue weighted by atomic mass is 9.82. The highest BCUT2D eigenvalue weighted by Gasteiger charge is 2.37. The summed E-state index contributed by atoms with van der Waals surface area (Å²) in [4.78, 5) is 12.7. The molecule has 0 bridgehead atoms. The Bertz CT molecular complexity index is 2870. The zero-order valence-corrected chi connectivity index (χ0v) is 32.6. The molecule has 1 aliphatic heterocycles. The van der Waals surface area contributed by atoms with Gasteiger partial charge in [-0.25, -0.2) is 9.97 Å². The summed E-state index contributed by atoms with van der Waals surface area (Å²) in [5, 5.41) is 0. The van der Waals surface area contributed by atoms with Gasteiger partial charge in [0.1, 0.15) is 0 Å². The van der Waals surface area contributed by atoms with E-state index in [1.807, 2.05) is 24.3 Å². The van der Waals surface area contributed by atoms with Crippen LogP contribution >= 0.6 is 0 Å². The molecular formula is C55H41N3. The van der Waals surface area contributed by atoms with E-state index < -0.39 is 0 Å². The zero-order chi connectivity index (χ0) is 38.8. The van der Waals surface area contributed by atoms with Crippen LogP contribution in [0.25, 0.3) is 61.6 Å². The SMILES string of the molecule is CC1(C)c2ccccc2-c2cc(-c3ccc(-c4ccc5c(c4)C4CC=C(c6cc(-c7ccccc7)nc(-c7ccccc7)n6)C=C4N5c4ccccc4)cc3)ccc21. The molecule has 1 aromatic heterocycles. The lowest BCUT2D eigenvalue weighted by Gasteiger charge is -2.26. The van der Waals surface area contributed by atoms with E-state index in [4.69, 9.17) is 9.97 Å². The Hall–Kier alpha value is -7.10. The third-order valence-corrected chi connectivity index (χ3v) is 12.4. The molecule has 8 aromatic rings. The lowest BCUT2D eigenvalue weighted by molar-refractivity contribution is 0.660. The van der Waals surface area contributed by atoms with Crippen molar-refractivity contribution in [1.82, 2.24) is 9.97 Å². The zero-order valence-electron chi connectivity index (χ0n) is 32.6. The molecule has 276 valence electrons. The van der Waals surface area contributed by atoms with Gasteiger partial charge in [-0.05, 0) is 105 Å². The van der Waals surface area contributed by atoms with Crippen LogP contribution in [0.3, 0.4) is 0 Å². The summed E-state index contributed by atoms with van der Waals surface area (Å²) >= 11 is 0. The van der Waals surface area contributed by atoms with Crippen LogP contribution in [0.1, 0.15) is 48.6 Å². The van der Waals surface area contributed by atoms with Gasteiger partial charge in [-0.1, -0.05) is 166 Å². The molecule has 0 fully saturated rings. The van der Waals surface area contributed by atoms with Crippen LogP contribution in [0.4, 0.5) is 11.4 Å². The monoisotopic (exact) mass is 743 g/mol. The number of allylic oxidation sites excluding steroid dienone is 4. The summed E-state index contributed by atoms with van der Waals surface area (Å²) in [5.41, 5.74) is 20.5. The van der Waals surface area contributed by atoms with E-state index in [-0.39, 0.29) is 11.3 Å². The van der Waals surface area contributed by atoms with E-state index in [0.717, 1.165) is 46.0 Å². The summed E-state index contributed by atoms with van der Waals surface area (Å²) < 4.78 is 0. The number of para-hydroxylation sites is 1. The lowest BCUT2D eigenvalue weighted by Crippen LogP contribution is -2.15. The number of nitrogens with zero attached hydrogens (tertiary/aromatic N) is 3. The minimum atomic E-state index is 0.0103. The highest BCUT2D eigenvalue weighted by atomic mass is 15.2. The molecule has 0 amide bonds. The number of anilines is 2. The van der Waals surface area contributed by atoms with E-state index in [9.17, 15) is 0 Å². The van der Waals surface area contributed by atoms with Crippen molar-refractivity contribution in [2.75, 3.05) is 4.90 Å². The maximum absolute atomic E-state index is 5.19. The minimum Gasteiger partial charge on any atom is -0.313 e. The molecule has 3 heteroatoms. The van der Waals surface area contributed by atoms with Crippen LogP contribution in [0.5, 0.6) is 0 Å². The number of benzene rings is 7. The average Bonchev–Trinajstić information content (AvgIpc) is 3.74. The van der Waals surface area contributed by atoms with Gasteiger partial charge in [-0.2, -0.15) is 0 Å². The predicted octanol–water partition coefficient (Wildman–Crippen LogP) is 14.1. The van der Waals surface area contributed by atoms with Crippen LogP contribution < -0.4 is 4.90 Å². The first-order valence-electron chi connectivity index (χ1n) is 20.3. The standard InChI is InChI=1S/C55H41N3/c1-55(2)48-21-13-12-20-44(48)46-32-40(27-30-49(46)55)36-22-24-37(25-23-36)41-28-31-52-47(33-41)45-29-26-42(34-53(45)58(52)43-18-10-5-11-19-43)51-35-50(38-14-6-3-7-15-38)56-54(57-51)39-16-8-4-9-17-39/h3-28,30-35,45H,29H2,1-2H3. The molecule has 1 unspecified atom stereocenters. The minimum absolute atomic E-state index is 0.0103. The first-order valence-corrected chi connectivity index (χ1v) is 20.3. The molecule has 58 heavy (non-hydrogen) atoms. The number of hydrogen-bond donors (Lipinski definition) is 0. The number of aromatic nitrogens is 2. The van der Waals surface area contributed by atoms with Crippen LogP contribution in [-0.4, -0.2) is 9.97 Å². The number of hydrogen-bond acceptors (Lipinski definition) is 3. The third-order valence-electron chi connectivity index (χ3n) is 12.4. The number of rotatable bonds is 6. The molecule has 2 heterocycles. The second-order valence-corrected chi connectivity index (χ2v) is 16.2. The van der Waals surface area contributed by atoms with Crippen molar-refractivity contribution in [2.45, 2.75) is 31.6 Å². The maximum Gasteiger partial charge on any atom is 0.160 e. The van der Waals surface area contributed by atoms with Crippen molar-refractivity contribution < 1.29 is 0 Å². The highest BCUT2D eigenvalue weighted by Crippen LogP contribution is 2.53. The smallest absolute Gasteiger partial charge is 0.160 e. The fraction of sp³-hybridized carbons (Fsp3) is 0.0909. The van der Waals surface area contributed by atoms with Crippen molar-refractivity contribution in [3.63, 3.8) is 0 Å². The predicted molar refractivity (Wildman–Crippen MR) is 240 cm³/mol. The van der Waals surface area contributed by atoms with E-state index in [1.165, 1.54) is 61.5 Å². The molecule has 0 spiro atoms. The van der Waals surface area contributed by atoms with Crippen molar-refractivity contribution in [1.29, 1.82) is 0 Å². The second kappa shape index (κ2) is 13.5. The fourth-order valence-corrected chi connectivity index (χ4v) is 9.41. The average molecular weight is 744 g/mol. The van der Waals surface area contributed by atoms with E-state index in [2.05, 4.69) is 189 Å². The van der Waals surface area contributed by atoms with Crippen LogP contribution in [0.15, 0.2) is 200 Å². The van der Waals surface area contributed by atoms with Crippen LogP contribution in [0, 0.1) is 0 Å². The van der Waals surface area contributed by atoms with Crippen molar-refractivity contribution >= 4 is 16.9 Å². The third kappa shape index (κ3) is 5.65. The van der Waals surface area contributed by atoms with Gasteiger partial charge in [0.2, 0.25) is 0 Å². The van der Waals surface area contributed by atoms with Gasteiger partial charge in [-0.3, -0.25) is 0 Å². The molecule has 0 radical (unpaired) electrons. The van der Waals surface area contributed by atoms with E-state index >= 15 is 0 Å². The van der Waals surface area contributed by atoms with Crippen LogP contribution in [0.2, 0.25) is 0 Å². The molecule has 3 nitrogen and oxygen atoms in total. The number of fused-ring (bicyclic) bond motifs is 6. The first kappa shape index (κ1) is 34.2. The largest absolute Gasteiger partial charge is 0.313 e. The van der Waals surface area contributed by atoms with Gasteiger partial charge in [0.15, 0.2) is 5.82 Å². The normalized spacial score (nSPS) is 15.8. The Morgan fingerprint density at radius 2 is 1.09 bits per heavy atom. The van der Waals surface area contributed by atoms with Gasteiger partial charge in [0, 0.05) is 39.5 Å². The van der Waals surface area contributed by atoms with Gasteiger partial charge in [-0.15, -0.1) is 0 Å². The summed E-state index contributed by atoms with van der Waals surface area (Å²) in [6.45, 7) is 4.68. The summed E-state index contributed by atoms with van der Waals surface area (Å²) in [5.74, 6) is 0.954. The first-order chi connectivity index (χ1) is 28.5. The van der Waals surface area contributed by atoms with Gasteiger partial charge in [0.25, 0.3) is 0 Å². The van der Waals surface area contributed by atoms with Crippen molar-refractivity contribution in [3.8, 4) is 56.0 Å². The molecule has 0 saturated heterocycles. The van der Waals surface area contributed by atoms with E-state index in [1.54, 1.807) is 0 Å². The fourth-order valence-electron chi connectivity index (χ4n) is 9.41. The molecule has 7 aromatic carbocycles. The molecule has 0 N–H and O–H groups in total. The highest BCUT2D eigenvalue weighted by molar-refractivity contribution is 5.88. The molecule has 0 saturated carbocycles. The van der Waals surface area contributed by atoms with Gasteiger partial charge in [0.05, 0.1) is 11.4 Å². The summed E-state index contributed by atoms with van der Waals surface area (Å²) in [6.07, 6.45) is 5.61. The Morgan fingerprint density at radius 3 is 1.83 bits per heavy atom. The Labute approximate surface area is 340 Å². The quantitative estimate of drug-likeness (QED) is 0.170. The van der Waals surface area contributed by atoms with Gasteiger partial charge >= 0.3 is 0 Å². The molecule has 11 rings (SSSR count). The topological polar surface area (TPSA) is 29.0 Å². The Balaban J connectivity index is 0.949.